The maximum absolute atomic E-state index is 12.0. The second kappa shape index (κ2) is 9.81. The van der Waals surface area contributed by atoms with Crippen molar-refractivity contribution in [3.63, 3.8) is 0 Å². The molecule has 0 radical (unpaired) electrons. The molecule has 1 heterocycles. The van der Waals surface area contributed by atoms with E-state index < -0.39 is 0 Å². The quantitative estimate of drug-likeness (QED) is 0.632. The molecule has 0 fully saturated rings. The van der Waals surface area contributed by atoms with Crippen molar-refractivity contribution in [3.8, 4) is 5.75 Å². The molecule has 24 heavy (non-hydrogen) atoms. The minimum atomic E-state index is 0.0628. The van der Waals surface area contributed by atoms with Crippen LogP contribution in [0.1, 0.15) is 24.4 Å². The Balaban J connectivity index is 1.68. The normalized spacial score (nSPS) is 12.2. The standard InChI is InChI=1S/C18H23BrN2O2S/c1-21(2)16(14-9-11-24-13-14)12-20-18(22)8-5-10-23-17-7-4-3-6-15(17)19/h3-4,6-7,9,11,13,16H,5,8,10,12H2,1-2H3,(H,20,22). The van der Waals surface area contributed by atoms with Crippen molar-refractivity contribution in [3.05, 3.63) is 51.1 Å². The highest BCUT2D eigenvalue weighted by molar-refractivity contribution is 9.10. The second-order valence-electron chi connectivity index (χ2n) is 5.72. The highest BCUT2D eigenvalue weighted by atomic mass is 79.9. The third-order valence-electron chi connectivity index (χ3n) is 3.69. The van der Waals surface area contributed by atoms with E-state index in [1.165, 1.54) is 5.56 Å². The van der Waals surface area contributed by atoms with Gasteiger partial charge in [-0.25, -0.2) is 0 Å². The van der Waals surface area contributed by atoms with Crippen molar-refractivity contribution in [2.24, 2.45) is 0 Å². The van der Waals surface area contributed by atoms with Crippen molar-refractivity contribution >= 4 is 33.2 Å². The molecule has 1 unspecified atom stereocenters. The van der Waals surface area contributed by atoms with Crippen LogP contribution in [-0.4, -0.2) is 38.1 Å². The summed E-state index contributed by atoms with van der Waals surface area (Å²) >= 11 is 5.12. The number of likely N-dealkylation sites (N-methyl/N-ethyl adjacent to an activating group) is 1. The summed E-state index contributed by atoms with van der Waals surface area (Å²) in [5, 5.41) is 7.21. The summed E-state index contributed by atoms with van der Waals surface area (Å²) < 4.78 is 6.61. The van der Waals surface area contributed by atoms with Crippen molar-refractivity contribution in [2.75, 3.05) is 27.2 Å². The fraction of sp³-hybridized carbons (Fsp3) is 0.389. The maximum Gasteiger partial charge on any atom is 0.220 e. The lowest BCUT2D eigenvalue weighted by atomic mass is 10.1. The van der Waals surface area contributed by atoms with Gasteiger partial charge in [0.25, 0.3) is 0 Å². The molecule has 1 aromatic carbocycles. The summed E-state index contributed by atoms with van der Waals surface area (Å²) in [5.74, 6) is 0.871. The number of benzene rings is 1. The molecule has 1 aromatic heterocycles. The zero-order valence-electron chi connectivity index (χ0n) is 14.0. The topological polar surface area (TPSA) is 41.6 Å². The Bertz CT molecular complexity index is 632. The molecular weight excluding hydrogens is 388 g/mol. The van der Waals surface area contributed by atoms with E-state index in [0.29, 0.717) is 26.0 Å². The molecule has 0 aliphatic carbocycles. The first-order valence-electron chi connectivity index (χ1n) is 7.90. The lowest BCUT2D eigenvalue weighted by molar-refractivity contribution is -0.121. The fourth-order valence-corrected chi connectivity index (χ4v) is 3.45. The minimum Gasteiger partial charge on any atom is -0.492 e. The van der Waals surface area contributed by atoms with Gasteiger partial charge in [0, 0.05) is 13.0 Å². The minimum absolute atomic E-state index is 0.0628. The zero-order chi connectivity index (χ0) is 17.4. The number of carbonyl (C=O) groups is 1. The SMILES string of the molecule is CN(C)C(CNC(=O)CCCOc1ccccc1Br)c1ccsc1. The van der Waals surface area contributed by atoms with Gasteiger partial charge in [0.05, 0.1) is 17.1 Å². The van der Waals surface area contributed by atoms with E-state index in [0.717, 1.165) is 10.2 Å². The highest BCUT2D eigenvalue weighted by Crippen LogP contribution is 2.24. The molecule has 2 rings (SSSR count). The number of nitrogens with zero attached hydrogens (tertiary/aromatic N) is 1. The summed E-state index contributed by atoms with van der Waals surface area (Å²) in [7, 11) is 4.06. The number of halogens is 1. The Morgan fingerprint density at radius 1 is 1.33 bits per heavy atom. The van der Waals surface area contributed by atoms with E-state index in [4.69, 9.17) is 4.74 Å². The van der Waals surface area contributed by atoms with Gasteiger partial charge in [-0.2, -0.15) is 11.3 Å². The van der Waals surface area contributed by atoms with Gasteiger partial charge in [0.1, 0.15) is 5.75 Å². The Labute approximate surface area is 156 Å². The van der Waals surface area contributed by atoms with Crippen molar-refractivity contribution < 1.29 is 9.53 Å². The van der Waals surface area contributed by atoms with Gasteiger partial charge in [0.2, 0.25) is 5.91 Å². The van der Waals surface area contributed by atoms with E-state index in [2.05, 4.69) is 43.0 Å². The lowest BCUT2D eigenvalue weighted by Crippen LogP contribution is -2.34. The average molecular weight is 411 g/mol. The van der Waals surface area contributed by atoms with Gasteiger partial charge < -0.3 is 15.0 Å². The van der Waals surface area contributed by atoms with Gasteiger partial charge >= 0.3 is 0 Å². The monoisotopic (exact) mass is 410 g/mol. The van der Waals surface area contributed by atoms with Gasteiger partial charge in [-0.3, -0.25) is 4.79 Å². The number of hydrogen-bond donors (Lipinski definition) is 1. The van der Waals surface area contributed by atoms with Crippen LogP contribution in [0.3, 0.4) is 0 Å². The summed E-state index contributed by atoms with van der Waals surface area (Å²) in [6.07, 6.45) is 1.16. The molecule has 0 spiro atoms. The molecule has 1 amide bonds. The van der Waals surface area contributed by atoms with Crippen LogP contribution in [0.2, 0.25) is 0 Å². The lowest BCUT2D eigenvalue weighted by Gasteiger charge is -2.24. The molecule has 0 aliphatic heterocycles. The van der Waals surface area contributed by atoms with Gasteiger partial charge in [-0.15, -0.1) is 0 Å². The first kappa shape index (κ1) is 19.0. The van der Waals surface area contributed by atoms with Crippen LogP contribution < -0.4 is 10.1 Å². The molecule has 4 nitrogen and oxygen atoms in total. The first-order chi connectivity index (χ1) is 11.6. The van der Waals surface area contributed by atoms with Gasteiger partial charge in [-0.1, -0.05) is 12.1 Å². The number of rotatable bonds is 9. The van der Waals surface area contributed by atoms with Crippen LogP contribution in [0.25, 0.3) is 0 Å². The van der Waals surface area contributed by atoms with E-state index in [1.807, 2.05) is 38.4 Å². The van der Waals surface area contributed by atoms with Crippen molar-refractivity contribution in [1.29, 1.82) is 0 Å². The van der Waals surface area contributed by atoms with Crippen LogP contribution in [0.5, 0.6) is 5.75 Å². The Kier molecular flexibility index (Phi) is 7.75. The van der Waals surface area contributed by atoms with E-state index in [-0.39, 0.29) is 11.9 Å². The van der Waals surface area contributed by atoms with Crippen molar-refractivity contribution in [1.82, 2.24) is 10.2 Å². The molecule has 0 saturated heterocycles. The van der Waals surface area contributed by atoms with Gasteiger partial charge in [0.15, 0.2) is 0 Å². The number of hydrogen-bond acceptors (Lipinski definition) is 4. The number of carbonyl (C=O) groups excluding carboxylic acids is 1. The molecule has 0 bridgehead atoms. The maximum atomic E-state index is 12.0. The molecule has 1 N–H and O–H groups in total. The smallest absolute Gasteiger partial charge is 0.220 e. The van der Waals surface area contributed by atoms with Crippen molar-refractivity contribution in [2.45, 2.75) is 18.9 Å². The van der Waals surface area contributed by atoms with Gasteiger partial charge in [-0.05, 0) is 71.0 Å². The number of thiophene rings is 1. The predicted molar refractivity (Wildman–Crippen MR) is 103 cm³/mol. The molecule has 6 heteroatoms. The molecular formula is C18H23BrN2O2S. The van der Waals surface area contributed by atoms with Crippen LogP contribution >= 0.6 is 27.3 Å². The summed E-state index contributed by atoms with van der Waals surface area (Å²) in [6, 6.07) is 10.0. The molecule has 0 aliphatic rings. The van der Waals surface area contributed by atoms with E-state index >= 15 is 0 Å². The number of amides is 1. The summed E-state index contributed by atoms with van der Waals surface area (Å²) in [6.45, 7) is 1.14. The third kappa shape index (κ3) is 5.92. The van der Waals surface area contributed by atoms with E-state index in [9.17, 15) is 4.79 Å². The number of nitrogens with one attached hydrogen (secondary N) is 1. The van der Waals surface area contributed by atoms with E-state index in [1.54, 1.807) is 11.3 Å². The predicted octanol–water partition coefficient (Wildman–Crippen LogP) is 4.09. The fourth-order valence-electron chi connectivity index (χ4n) is 2.34. The van der Waals surface area contributed by atoms with Crippen LogP contribution in [0, 0.1) is 0 Å². The zero-order valence-corrected chi connectivity index (χ0v) is 16.4. The average Bonchev–Trinajstić information content (AvgIpc) is 3.07. The molecule has 130 valence electrons. The largest absolute Gasteiger partial charge is 0.492 e. The Morgan fingerprint density at radius 3 is 2.79 bits per heavy atom. The summed E-state index contributed by atoms with van der Waals surface area (Å²) in [4.78, 5) is 14.1. The van der Waals surface area contributed by atoms with Crippen LogP contribution in [0.15, 0.2) is 45.6 Å². The first-order valence-corrected chi connectivity index (χ1v) is 9.64. The van der Waals surface area contributed by atoms with Crippen LogP contribution in [-0.2, 0) is 4.79 Å². The highest BCUT2D eigenvalue weighted by Gasteiger charge is 2.15. The number of ether oxygens (including phenoxy) is 1. The third-order valence-corrected chi connectivity index (χ3v) is 5.04. The Hall–Kier alpha value is -1.37. The molecule has 1 atom stereocenters. The Morgan fingerprint density at radius 2 is 2.12 bits per heavy atom. The molecule has 2 aromatic rings. The molecule has 0 saturated carbocycles. The number of para-hydroxylation sites is 1. The van der Waals surface area contributed by atoms with Crippen LogP contribution in [0.4, 0.5) is 0 Å². The summed E-state index contributed by atoms with van der Waals surface area (Å²) in [5.41, 5.74) is 1.24. The second-order valence-corrected chi connectivity index (χ2v) is 7.36.